The van der Waals surface area contributed by atoms with Gasteiger partial charge in [-0.1, -0.05) is 55.3 Å². The van der Waals surface area contributed by atoms with E-state index >= 15 is 0 Å². The maximum Gasteiger partial charge on any atom is 0.295 e. The van der Waals surface area contributed by atoms with Gasteiger partial charge in [0.15, 0.2) is 0 Å². The molecule has 0 spiro atoms. The minimum absolute atomic E-state index is 0.0490. The van der Waals surface area contributed by atoms with Crippen molar-refractivity contribution in [1.82, 2.24) is 4.90 Å². The molecule has 1 N–H and O–H groups in total. The first kappa shape index (κ1) is 20.0. The van der Waals surface area contributed by atoms with Crippen LogP contribution in [0.15, 0.2) is 54.1 Å². The zero-order valence-electron chi connectivity index (χ0n) is 15.8. The van der Waals surface area contributed by atoms with Crippen molar-refractivity contribution in [1.29, 1.82) is 0 Å². The van der Waals surface area contributed by atoms with Gasteiger partial charge < -0.3 is 14.7 Å². The standard InChI is InChI=1S/C22H22ClNO4/c1-3-4-12-24-19(16-10-5-6-11-17(16)28-2)18(21(26)22(24)27)20(25)14-8-7-9-15(23)13-14/h5-11,13,19,25H,3-4,12H2,1-2H3/b20-18-. The Hall–Kier alpha value is -2.79. The molecular weight excluding hydrogens is 378 g/mol. The zero-order chi connectivity index (χ0) is 20.3. The second-order valence-corrected chi connectivity index (χ2v) is 7.03. The molecule has 3 rings (SSSR count). The van der Waals surface area contributed by atoms with Crippen molar-refractivity contribution in [2.75, 3.05) is 13.7 Å². The zero-order valence-corrected chi connectivity index (χ0v) is 16.6. The number of hydrogen-bond acceptors (Lipinski definition) is 4. The van der Waals surface area contributed by atoms with Gasteiger partial charge in [0.25, 0.3) is 11.7 Å². The molecule has 0 radical (unpaired) electrons. The lowest BCUT2D eigenvalue weighted by atomic mass is 9.94. The smallest absolute Gasteiger partial charge is 0.295 e. The number of nitrogens with zero attached hydrogens (tertiary/aromatic N) is 1. The molecule has 1 atom stereocenters. The summed E-state index contributed by atoms with van der Waals surface area (Å²) in [4.78, 5) is 27.2. The van der Waals surface area contributed by atoms with E-state index in [1.165, 1.54) is 12.0 Å². The monoisotopic (exact) mass is 399 g/mol. The quantitative estimate of drug-likeness (QED) is 0.439. The SMILES string of the molecule is CCCCN1C(=O)C(=O)/C(=C(\O)c2cccc(Cl)c2)C1c1ccccc1OC. The normalized spacial score (nSPS) is 18.5. The average molecular weight is 400 g/mol. The molecule has 5 nitrogen and oxygen atoms in total. The summed E-state index contributed by atoms with van der Waals surface area (Å²) in [6, 6.07) is 13.1. The van der Waals surface area contributed by atoms with Gasteiger partial charge in [0.2, 0.25) is 0 Å². The molecule has 146 valence electrons. The van der Waals surface area contributed by atoms with Gasteiger partial charge >= 0.3 is 0 Å². The van der Waals surface area contributed by atoms with E-state index in [0.29, 0.717) is 28.4 Å². The number of carbonyl (C=O) groups is 2. The summed E-state index contributed by atoms with van der Waals surface area (Å²) in [6.07, 6.45) is 1.62. The first-order valence-electron chi connectivity index (χ1n) is 9.16. The van der Waals surface area contributed by atoms with Crippen LogP contribution in [0.4, 0.5) is 0 Å². The number of ether oxygens (including phenoxy) is 1. The fourth-order valence-electron chi connectivity index (χ4n) is 3.45. The van der Waals surface area contributed by atoms with Crippen molar-refractivity contribution in [3.05, 3.63) is 70.3 Å². The summed E-state index contributed by atoms with van der Waals surface area (Å²) in [5.41, 5.74) is 1.10. The fraction of sp³-hybridized carbons (Fsp3) is 0.273. The highest BCUT2D eigenvalue weighted by molar-refractivity contribution is 6.46. The van der Waals surface area contributed by atoms with Gasteiger partial charge in [-0.3, -0.25) is 9.59 Å². The lowest BCUT2D eigenvalue weighted by Gasteiger charge is -2.26. The highest BCUT2D eigenvalue weighted by Crippen LogP contribution is 2.42. The first-order chi connectivity index (χ1) is 13.5. The number of Topliss-reactive ketones (excluding diaryl/α,β-unsaturated/α-hetero) is 1. The molecule has 1 unspecified atom stereocenters. The summed E-state index contributed by atoms with van der Waals surface area (Å²) in [7, 11) is 1.54. The molecule has 0 bridgehead atoms. The molecule has 1 aliphatic rings. The third-order valence-electron chi connectivity index (χ3n) is 4.82. The minimum Gasteiger partial charge on any atom is -0.507 e. The Bertz CT molecular complexity index is 938. The molecule has 1 amide bonds. The third-order valence-corrected chi connectivity index (χ3v) is 5.06. The van der Waals surface area contributed by atoms with E-state index in [-0.39, 0.29) is 11.3 Å². The number of methoxy groups -OCH3 is 1. The predicted molar refractivity (Wildman–Crippen MR) is 108 cm³/mol. The van der Waals surface area contributed by atoms with Crippen molar-refractivity contribution in [2.45, 2.75) is 25.8 Å². The van der Waals surface area contributed by atoms with E-state index in [9.17, 15) is 14.7 Å². The van der Waals surface area contributed by atoms with Crippen LogP contribution in [-0.2, 0) is 9.59 Å². The molecule has 1 heterocycles. The number of rotatable bonds is 6. The molecule has 0 aromatic heterocycles. The molecule has 1 aliphatic heterocycles. The van der Waals surface area contributed by atoms with Crippen LogP contribution in [0, 0.1) is 0 Å². The number of halogens is 1. The van der Waals surface area contributed by atoms with E-state index in [1.54, 1.807) is 36.4 Å². The fourth-order valence-corrected chi connectivity index (χ4v) is 3.64. The van der Waals surface area contributed by atoms with Crippen LogP contribution in [0.5, 0.6) is 5.75 Å². The van der Waals surface area contributed by atoms with Crippen LogP contribution in [0.25, 0.3) is 5.76 Å². The van der Waals surface area contributed by atoms with Gasteiger partial charge in [0, 0.05) is 22.7 Å². The van der Waals surface area contributed by atoms with Crippen molar-refractivity contribution < 1.29 is 19.4 Å². The second-order valence-electron chi connectivity index (χ2n) is 6.60. The van der Waals surface area contributed by atoms with Crippen LogP contribution in [0.2, 0.25) is 5.02 Å². The van der Waals surface area contributed by atoms with E-state index in [1.807, 2.05) is 19.1 Å². The summed E-state index contributed by atoms with van der Waals surface area (Å²) in [5, 5.41) is 11.4. The van der Waals surface area contributed by atoms with Gasteiger partial charge in [-0.05, 0) is 24.6 Å². The average Bonchev–Trinajstić information content (AvgIpc) is 2.96. The highest BCUT2D eigenvalue weighted by Gasteiger charge is 2.46. The molecule has 2 aromatic rings. The third kappa shape index (κ3) is 3.62. The van der Waals surface area contributed by atoms with E-state index in [2.05, 4.69) is 0 Å². The molecule has 2 aromatic carbocycles. The highest BCUT2D eigenvalue weighted by atomic mass is 35.5. The lowest BCUT2D eigenvalue weighted by molar-refractivity contribution is -0.139. The number of benzene rings is 2. The number of aliphatic hydroxyl groups excluding tert-OH is 1. The molecule has 0 aliphatic carbocycles. The molecular formula is C22H22ClNO4. The van der Waals surface area contributed by atoms with Crippen LogP contribution in [-0.4, -0.2) is 35.4 Å². The van der Waals surface area contributed by atoms with Crippen molar-refractivity contribution in [3.63, 3.8) is 0 Å². The number of unbranched alkanes of at least 4 members (excludes halogenated alkanes) is 1. The molecule has 6 heteroatoms. The molecule has 1 fully saturated rings. The number of para-hydroxylation sites is 1. The van der Waals surface area contributed by atoms with Gasteiger partial charge in [-0.15, -0.1) is 0 Å². The van der Waals surface area contributed by atoms with Crippen LogP contribution >= 0.6 is 11.6 Å². The van der Waals surface area contributed by atoms with Crippen molar-refractivity contribution in [3.8, 4) is 5.75 Å². The number of carbonyl (C=O) groups excluding carboxylic acids is 2. The Kier molecular flexibility index (Phi) is 6.05. The number of ketones is 1. The van der Waals surface area contributed by atoms with Gasteiger partial charge in [-0.25, -0.2) is 0 Å². The maximum atomic E-state index is 12.9. The van der Waals surface area contributed by atoms with Crippen molar-refractivity contribution >= 4 is 29.1 Å². The minimum atomic E-state index is -0.721. The Balaban J connectivity index is 2.22. The second kappa shape index (κ2) is 8.48. The van der Waals surface area contributed by atoms with E-state index in [4.69, 9.17) is 16.3 Å². The van der Waals surface area contributed by atoms with Gasteiger partial charge in [0.05, 0.1) is 18.7 Å². The van der Waals surface area contributed by atoms with Gasteiger partial charge in [-0.2, -0.15) is 0 Å². The molecule has 28 heavy (non-hydrogen) atoms. The molecule has 0 saturated carbocycles. The van der Waals surface area contributed by atoms with Gasteiger partial charge in [0.1, 0.15) is 11.5 Å². The van der Waals surface area contributed by atoms with Crippen LogP contribution in [0.3, 0.4) is 0 Å². The van der Waals surface area contributed by atoms with E-state index < -0.39 is 17.7 Å². The maximum absolute atomic E-state index is 12.9. The van der Waals surface area contributed by atoms with Crippen molar-refractivity contribution in [2.24, 2.45) is 0 Å². The lowest BCUT2D eigenvalue weighted by Crippen LogP contribution is -2.30. The summed E-state index contributed by atoms with van der Waals surface area (Å²) >= 11 is 6.04. The molecule has 1 saturated heterocycles. The Labute approximate surface area is 169 Å². The number of hydrogen-bond donors (Lipinski definition) is 1. The number of aliphatic hydroxyl groups is 1. The van der Waals surface area contributed by atoms with Crippen LogP contribution < -0.4 is 4.74 Å². The topological polar surface area (TPSA) is 66.8 Å². The summed E-state index contributed by atoms with van der Waals surface area (Å²) < 4.78 is 5.46. The summed E-state index contributed by atoms with van der Waals surface area (Å²) in [6.45, 7) is 2.43. The van der Waals surface area contributed by atoms with Crippen LogP contribution in [0.1, 0.15) is 36.9 Å². The Morgan fingerprint density at radius 3 is 2.61 bits per heavy atom. The predicted octanol–water partition coefficient (Wildman–Crippen LogP) is 4.57. The first-order valence-corrected chi connectivity index (χ1v) is 9.54. The summed E-state index contributed by atoms with van der Waals surface area (Å²) in [5.74, 6) is -1.01. The largest absolute Gasteiger partial charge is 0.507 e. The Morgan fingerprint density at radius 1 is 1.18 bits per heavy atom. The number of amides is 1. The number of likely N-dealkylation sites (tertiary alicyclic amines) is 1. The van der Waals surface area contributed by atoms with E-state index in [0.717, 1.165) is 12.8 Å². The Morgan fingerprint density at radius 2 is 1.93 bits per heavy atom.